The highest BCUT2D eigenvalue weighted by molar-refractivity contribution is 5.76. The molecule has 3 heteroatoms. The van der Waals surface area contributed by atoms with E-state index in [0.29, 0.717) is 6.04 Å². The second kappa shape index (κ2) is 3.81. The lowest BCUT2D eigenvalue weighted by molar-refractivity contribution is 0.161. The first kappa shape index (κ1) is 9.70. The van der Waals surface area contributed by atoms with Crippen LogP contribution in [0.5, 0.6) is 0 Å². The number of fused-ring (bicyclic) bond motifs is 1. The molecule has 0 aromatic heterocycles. The third-order valence-corrected chi connectivity index (χ3v) is 3.65. The number of hydrogen-bond acceptors (Lipinski definition) is 1. The Morgan fingerprint density at radius 1 is 1.25 bits per heavy atom. The summed E-state index contributed by atoms with van der Waals surface area (Å²) in [6, 6.07) is 11.0. The van der Waals surface area contributed by atoms with Crippen LogP contribution in [0.25, 0.3) is 0 Å². The Labute approximate surface area is 95.4 Å². The highest BCUT2D eigenvalue weighted by Gasteiger charge is 2.36. The van der Waals surface area contributed by atoms with Crippen molar-refractivity contribution in [1.82, 2.24) is 10.2 Å². The molecule has 84 valence electrons. The molecule has 1 aromatic rings. The molecule has 0 radical (unpaired) electrons. The predicted octanol–water partition coefficient (Wildman–Crippen LogP) is 2.31. The minimum absolute atomic E-state index is 0.114. The summed E-state index contributed by atoms with van der Waals surface area (Å²) in [5.74, 6) is 0. The molecule has 3 nitrogen and oxygen atoms in total. The molecule has 2 aliphatic rings. The summed E-state index contributed by atoms with van der Waals surface area (Å²) in [6.07, 6.45) is 3.37. The van der Waals surface area contributed by atoms with E-state index in [1.165, 1.54) is 5.56 Å². The number of amides is 2. The van der Waals surface area contributed by atoms with Gasteiger partial charge in [0.05, 0.1) is 6.04 Å². The summed E-state index contributed by atoms with van der Waals surface area (Å²) in [6.45, 7) is 0.929. The maximum atomic E-state index is 11.9. The summed E-state index contributed by atoms with van der Waals surface area (Å²) in [5.41, 5.74) is 1.22. The molecule has 0 saturated carbocycles. The zero-order valence-electron chi connectivity index (χ0n) is 9.23. The van der Waals surface area contributed by atoms with Gasteiger partial charge in [-0.15, -0.1) is 0 Å². The maximum Gasteiger partial charge on any atom is 0.318 e. The van der Waals surface area contributed by atoms with Gasteiger partial charge in [-0.3, -0.25) is 0 Å². The van der Waals surface area contributed by atoms with E-state index in [4.69, 9.17) is 0 Å². The van der Waals surface area contributed by atoms with Crippen LogP contribution in [-0.2, 0) is 0 Å². The molecular formula is C13H16N2O. The highest BCUT2D eigenvalue weighted by atomic mass is 16.2. The van der Waals surface area contributed by atoms with Gasteiger partial charge < -0.3 is 10.2 Å². The lowest BCUT2D eigenvalue weighted by Gasteiger charge is -2.35. The van der Waals surface area contributed by atoms with Gasteiger partial charge in [0.25, 0.3) is 0 Å². The third kappa shape index (κ3) is 1.56. The smallest absolute Gasteiger partial charge is 0.318 e. The molecule has 3 rings (SSSR count). The summed E-state index contributed by atoms with van der Waals surface area (Å²) < 4.78 is 0. The van der Waals surface area contributed by atoms with Crippen LogP contribution in [-0.4, -0.2) is 23.5 Å². The summed E-state index contributed by atoms with van der Waals surface area (Å²) in [5, 5.41) is 3.09. The fourth-order valence-electron chi connectivity index (χ4n) is 2.82. The second-order valence-electron chi connectivity index (χ2n) is 4.64. The first-order valence-corrected chi connectivity index (χ1v) is 5.96. The first-order valence-electron chi connectivity index (χ1n) is 5.96. The Kier molecular flexibility index (Phi) is 2.31. The van der Waals surface area contributed by atoms with E-state index >= 15 is 0 Å². The molecule has 0 spiro atoms. The average Bonchev–Trinajstić information content (AvgIpc) is 2.79. The van der Waals surface area contributed by atoms with Gasteiger partial charge in [0.1, 0.15) is 0 Å². The van der Waals surface area contributed by atoms with Crippen molar-refractivity contribution < 1.29 is 4.79 Å². The fraction of sp³-hybridized carbons (Fsp3) is 0.462. The van der Waals surface area contributed by atoms with E-state index in [-0.39, 0.29) is 12.1 Å². The molecule has 0 aliphatic carbocycles. The summed E-state index contributed by atoms with van der Waals surface area (Å²) >= 11 is 0. The molecule has 1 aromatic carbocycles. The summed E-state index contributed by atoms with van der Waals surface area (Å²) in [4.78, 5) is 13.9. The molecular weight excluding hydrogens is 200 g/mol. The number of nitrogens with one attached hydrogen (secondary N) is 1. The number of carbonyl (C=O) groups is 1. The number of hydrogen-bond donors (Lipinski definition) is 1. The van der Waals surface area contributed by atoms with Crippen molar-refractivity contribution in [3.63, 3.8) is 0 Å². The van der Waals surface area contributed by atoms with Crippen LogP contribution < -0.4 is 5.32 Å². The summed E-state index contributed by atoms with van der Waals surface area (Å²) in [7, 11) is 0. The normalized spacial score (nSPS) is 28.8. The zero-order chi connectivity index (χ0) is 11.0. The topological polar surface area (TPSA) is 32.3 Å². The van der Waals surface area contributed by atoms with Crippen LogP contribution >= 0.6 is 0 Å². The predicted molar refractivity (Wildman–Crippen MR) is 62.1 cm³/mol. The van der Waals surface area contributed by atoms with E-state index in [9.17, 15) is 4.79 Å². The van der Waals surface area contributed by atoms with Crippen molar-refractivity contribution in [3.8, 4) is 0 Å². The fourth-order valence-corrected chi connectivity index (χ4v) is 2.82. The molecule has 16 heavy (non-hydrogen) atoms. The van der Waals surface area contributed by atoms with Gasteiger partial charge in [-0.25, -0.2) is 4.79 Å². The van der Waals surface area contributed by atoms with E-state index in [1.807, 2.05) is 23.1 Å². The van der Waals surface area contributed by atoms with E-state index in [1.54, 1.807) is 0 Å². The average molecular weight is 216 g/mol. The Morgan fingerprint density at radius 2 is 2.06 bits per heavy atom. The lowest BCUT2D eigenvalue weighted by atomic mass is 9.96. The maximum absolute atomic E-state index is 11.9. The Balaban J connectivity index is 1.81. The van der Waals surface area contributed by atoms with Gasteiger partial charge >= 0.3 is 6.03 Å². The van der Waals surface area contributed by atoms with Crippen LogP contribution in [0.1, 0.15) is 30.9 Å². The van der Waals surface area contributed by atoms with Gasteiger partial charge in [0, 0.05) is 12.6 Å². The number of rotatable bonds is 1. The van der Waals surface area contributed by atoms with Crippen LogP contribution in [0.2, 0.25) is 0 Å². The van der Waals surface area contributed by atoms with E-state index < -0.39 is 0 Å². The quantitative estimate of drug-likeness (QED) is 0.767. The first-order chi connectivity index (χ1) is 7.84. The van der Waals surface area contributed by atoms with E-state index in [2.05, 4.69) is 17.4 Å². The van der Waals surface area contributed by atoms with Gasteiger partial charge in [-0.1, -0.05) is 30.3 Å². The Hall–Kier alpha value is -1.51. The Morgan fingerprint density at radius 3 is 2.88 bits per heavy atom. The number of carbonyl (C=O) groups excluding carboxylic acids is 1. The molecule has 2 heterocycles. The van der Waals surface area contributed by atoms with Crippen molar-refractivity contribution in [3.05, 3.63) is 35.9 Å². The molecule has 2 aliphatic heterocycles. The second-order valence-corrected chi connectivity index (χ2v) is 4.64. The molecule has 0 unspecified atom stereocenters. The van der Waals surface area contributed by atoms with Crippen molar-refractivity contribution in [2.24, 2.45) is 0 Å². The van der Waals surface area contributed by atoms with Crippen LogP contribution in [0.3, 0.4) is 0 Å². The number of nitrogens with zero attached hydrogens (tertiary/aromatic N) is 1. The van der Waals surface area contributed by atoms with Crippen molar-refractivity contribution in [1.29, 1.82) is 0 Å². The van der Waals surface area contributed by atoms with Crippen LogP contribution in [0, 0.1) is 0 Å². The molecule has 1 N–H and O–H groups in total. The number of benzene rings is 1. The van der Waals surface area contributed by atoms with Crippen LogP contribution in [0.15, 0.2) is 30.3 Å². The van der Waals surface area contributed by atoms with Crippen molar-refractivity contribution in [2.75, 3.05) is 6.54 Å². The Bertz CT molecular complexity index is 390. The molecule has 2 amide bonds. The van der Waals surface area contributed by atoms with Crippen molar-refractivity contribution in [2.45, 2.75) is 31.3 Å². The zero-order valence-corrected chi connectivity index (χ0v) is 9.23. The molecule has 2 fully saturated rings. The van der Waals surface area contributed by atoms with Crippen molar-refractivity contribution >= 4 is 6.03 Å². The van der Waals surface area contributed by atoms with E-state index in [0.717, 1.165) is 25.8 Å². The van der Waals surface area contributed by atoms with Gasteiger partial charge in [-0.2, -0.15) is 0 Å². The largest absolute Gasteiger partial charge is 0.331 e. The third-order valence-electron chi connectivity index (χ3n) is 3.65. The van der Waals surface area contributed by atoms with Crippen LogP contribution in [0.4, 0.5) is 4.79 Å². The molecule has 2 saturated heterocycles. The standard InChI is InChI=1S/C13H16N2O/c16-13-14-12(10-5-2-1-3-6-10)9-11-7-4-8-15(11)13/h1-3,5-6,11-12H,4,7-9H2,(H,14,16)/t11-,12+/m1/s1. The van der Waals surface area contributed by atoms with Gasteiger partial charge in [0.2, 0.25) is 0 Å². The lowest BCUT2D eigenvalue weighted by Crippen LogP contribution is -2.50. The van der Waals surface area contributed by atoms with Gasteiger partial charge in [0.15, 0.2) is 0 Å². The highest BCUT2D eigenvalue weighted by Crippen LogP contribution is 2.31. The SMILES string of the molecule is O=C1N[C@H](c2ccccc2)C[C@H]2CCCN12. The minimum Gasteiger partial charge on any atom is -0.331 e. The molecule has 0 bridgehead atoms. The molecule has 2 atom stereocenters. The number of urea groups is 1. The minimum atomic E-state index is 0.114. The van der Waals surface area contributed by atoms with Gasteiger partial charge in [-0.05, 0) is 24.8 Å². The monoisotopic (exact) mass is 216 g/mol.